The Kier molecular flexibility index (Phi) is 10.8. The van der Waals surface area contributed by atoms with Crippen molar-refractivity contribution in [3.05, 3.63) is 96.6 Å². The molecule has 0 radical (unpaired) electrons. The minimum absolute atomic E-state index is 0. The molecule has 0 saturated heterocycles. The van der Waals surface area contributed by atoms with E-state index in [4.69, 9.17) is 14.8 Å². The number of nitrogens with zero attached hydrogens (tertiary/aromatic N) is 8. The fourth-order valence-corrected chi connectivity index (χ4v) is 4.03. The molecule has 17 nitrogen and oxygen atoms in total. The zero-order valence-electron chi connectivity index (χ0n) is 22.2. The Morgan fingerprint density at radius 1 is 0.644 bits per heavy atom. The standard InChI is InChI=1S/C13H10N6O3.C13H10N6O2S.CH4/c2*20-10(19-21)9-6-14-12(15-7-9)16-13-18-17-11(22-13)8-4-2-1-3-5-8;/h2*1-7,21H,(H,19,20)(H,14,15,16,18);1H4. The van der Waals surface area contributed by atoms with Gasteiger partial charge in [0.2, 0.25) is 22.9 Å². The van der Waals surface area contributed by atoms with E-state index in [-0.39, 0.29) is 36.5 Å². The minimum atomic E-state index is -0.698. The second kappa shape index (κ2) is 15.3. The number of aromatic nitrogens is 8. The third-order valence-electron chi connectivity index (χ3n) is 5.36. The first kappa shape index (κ1) is 31.7. The molecule has 0 atom stereocenters. The van der Waals surface area contributed by atoms with Crippen molar-refractivity contribution in [2.45, 2.75) is 7.43 Å². The highest BCUT2D eigenvalue weighted by molar-refractivity contribution is 7.18. The van der Waals surface area contributed by atoms with E-state index in [0.29, 0.717) is 11.0 Å². The smallest absolute Gasteiger partial charge is 0.322 e. The molecule has 228 valence electrons. The van der Waals surface area contributed by atoms with E-state index in [1.807, 2.05) is 60.7 Å². The summed E-state index contributed by atoms with van der Waals surface area (Å²) >= 11 is 1.36. The lowest BCUT2D eigenvalue weighted by atomic mass is 10.2. The van der Waals surface area contributed by atoms with Crippen LogP contribution in [0.3, 0.4) is 0 Å². The molecular weight excluding hydrogens is 604 g/mol. The average Bonchev–Trinajstić information content (AvgIpc) is 3.76. The molecule has 18 heteroatoms. The van der Waals surface area contributed by atoms with Crippen LogP contribution in [-0.4, -0.2) is 62.6 Å². The van der Waals surface area contributed by atoms with Crippen LogP contribution in [0.5, 0.6) is 0 Å². The molecule has 0 aliphatic heterocycles. The van der Waals surface area contributed by atoms with E-state index >= 15 is 0 Å². The number of nitrogens with one attached hydrogen (secondary N) is 4. The Labute approximate surface area is 258 Å². The van der Waals surface area contributed by atoms with Crippen LogP contribution in [0.1, 0.15) is 28.1 Å². The first-order chi connectivity index (χ1) is 21.5. The van der Waals surface area contributed by atoms with Crippen molar-refractivity contribution < 1.29 is 24.4 Å². The van der Waals surface area contributed by atoms with Gasteiger partial charge in [-0.15, -0.1) is 15.3 Å². The van der Waals surface area contributed by atoms with Crippen LogP contribution in [-0.2, 0) is 0 Å². The van der Waals surface area contributed by atoms with Crippen LogP contribution in [0.15, 0.2) is 89.9 Å². The quantitative estimate of drug-likeness (QED) is 0.103. The number of carbonyl (C=O) groups excluding carboxylic acids is 2. The molecule has 0 spiro atoms. The number of hydrogen-bond donors (Lipinski definition) is 6. The number of carbonyl (C=O) groups is 2. The van der Waals surface area contributed by atoms with Gasteiger partial charge in [-0.3, -0.25) is 30.6 Å². The van der Waals surface area contributed by atoms with Gasteiger partial charge < -0.3 is 4.42 Å². The summed E-state index contributed by atoms with van der Waals surface area (Å²) < 4.78 is 5.44. The monoisotopic (exact) mass is 628 g/mol. The zero-order chi connectivity index (χ0) is 30.7. The van der Waals surface area contributed by atoms with E-state index in [1.165, 1.54) is 47.1 Å². The van der Waals surface area contributed by atoms with Crippen molar-refractivity contribution >= 4 is 46.2 Å². The molecule has 2 amide bonds. The Morgan fingerprint density at radius 2 is 1.16 bits per heavy atom. The predicted molar refractivity (Wildman–Crippen MR) is 161 cm³/mol. The second-order valence-corrected chi connectivity index (χ2v) is 9.26. The fourth-order valence-electron chi connectivity index (χ4n) is 3.28. The van der Waals surface area contributed by atoms with Crippen molar-refractivity contribution in [2.24, 2.45) is 0 Å². The number of benzene rings is 2. The topological polar surface area (TPSA) is 239 Å². The Bertz CT molecular complexity index is 1680. The van der Waals surface area contributed by atoms with E-state index in [1.54, 1.807) is 0 Å². The van der Waals surface area contributed by atoms with Gasteiger partial charge in [0.1, 0.15) is 5.01 Å². The SMILES string of the molecule is C.O=C(NO)c1cnc(Nc2nnc(-c3ccccc3)o2)nc1.O=C(NO)c1cnc(Nc2nnc(-c3ccccc3)s2)nc1. The molecular formula is C27H24N12O5S. The van der Waals surface area contributed by atoms with Crippen molar-refractivity contribution in [3.8, 4) is 22.0 Å². The maximum absolute atomic E-state index is 11.2. The van der Waals surface area contributed by atoms with Gasteiger partial charge in [0, 0.05) is 35.9 Å². The molecule has 0 aliphatic rings. The molecule has 0 saturated carbocycles. The van der Waals surface area contributed by atoms with Gasteiger partial charge in [-0.2, -0.15) is 0 Å². The van der Waals surface area contributed by atoms with E-state index in [9.17, 15) is 9.59 Å². The van der Waals surface area contributed by atoms with E-state index in [0.717, 1.165) is 16.1 Å². The van der Waals surface area contributed by atoms with Gasteiger partial charge in [-0.1, -0.05) is 72.4 Å². The van der Waals surface area contributed by atoms with Crippen molar-refractivity contribution in [1.82, 2.24) is 51.3 Å². The highest BCUT2D eigenvalue weighted by atomic mass is 32.1. The predicted octanol–water partition coefficient (Wildman–Crippen LogP) is 3.88. The molecule has 4 heterocycles. The highest BCUT2D eigenvalue weighted by Gasteiger charge is 2.11. The summed E-state index contributed by atoms with van der Waals surface area (Å²) in [6.45, 7) is 0. The van der Waals surface area contributed by atoms with Crippen molar-refractivity contribution in [3.63, 3.8) is 0 Å². The zero-order valence-corrected chi connectivity index (χ0v) is 23.0. The molecule has 0 unspecified atom stereocenters. The van der Waals surface area contributed by atoms with Crippen LogP contribution in [0, 0.1) is 0 Å². The molecule has 0 bridgehead atoms. The Hall–Kier alpha value is -6.24. The largest absolute Gasteiger partial charge is 0.403 e. The summed E-state index contributed by atoms with van der Waals surface area (Å²) in [5.41, 5.74) is 5.03. The number of hydroxylamine groups is 2. The molecule has 6 N–H and O–H groups in total. The number of rotatable bonds is 8. The van der Waals surface area contributed by atoms with Crippen LogP contribution < -0.4 is 21.6 Å². The maximum atomic E-state index is 11.2. The lowest BCUT2D eigenvalue weighted by Crippen LogP contribution is -2.19. The molecule has 4 aromatic heterocycles. The first-order valence-electron chi connectivity index (χ1n) is 12.4. The molecule has 2 aromatic carbocycles. The van der Waals surface area contributed by atoms with Gasteiger partial charge in [-0.25, -0.2) is 30.9 Å². The van der Waals surface area contributed by atoms with Crippen molar-refractivity contribution in [2.75, 3.05) is 10.6 Å². The van der Waals surface area contributed by atoms with Crippen LogP contribution in [0.2, 0.25) is 0 Å². The second-order valence-electron chi connectivity index (χ2n) is 8.28. The third-order valence-corrected chi connectivity index (χ3v) is 6.25. The van der Waals surface area contributed by atoms with Crippen LogP contribution in [0.4, 0.5) is 23.0 Å². The number of anilines is 4. The van der Waals surface area contributed by atoms with Crippen LogP contribution >= 0.6 is 11.3 Å². The van der Waals surface area contributed by atoms with Gasteiger partial charge >= 0.3 is 6.01 Å². The summed E-state index contributed by atoms with van der Waals surface area (Å²) in [5.74, 6) is -0.549. The summed E-state index contributed by atoms with van der Waals surface area (Å²) in [6.07, 6.45) is 5.07. The van der Waals surface area contributed by atoms with Gasteiger partial charge in [0.25, 0.3) is 11.8 Å². The summed E-state index contributed by atoms with van der Waals surface area (Å²) in [5, 5.41) is 39.8. The van der Waals surface area contributed by atoms with Gasteiger partial charge in [0.15, 0.2) is 0 Å². The molecule has 6 aromatic rings. The fraction of sp³-hybridized carbons (Fsp3) is 0.0370. The lowest BCUT2D eigenvalue weighted by molar-refractivity contribution is 0.0701. The molecule has 0 aliphatic carbocycles. The minimum Gasteiger partial charge on any atom is -0.403 e. The molecule has 0 fully saturated rings. The van der Waals surface area contributed by atoms with Gasteiger partial charge in [-0.05, 0) is 12.1 Å². The van der Waals surface area contributed by atoms with E-state index in [2.05, 4.69) is 51.0 Å². The number of hydrogen-bond acceptors (Lipinski definition) is 16. The maximum Gasteiger partial charge on any atom is 0.322 e. The highest BCUT2D eigenvalue weighted by Crippen LogP contribution is 2.27. The third kappa shape index (κ3) is 8.41. The normalized spacial score (nSPS) is 10.0. The summed E-state index contributed by atoms with van der Waals surface area (Å²) in [4.78, 5) is 38.0. The number of amides is 2. The Morgan fingerprint density at radius 3 is 1.69 bits per heavy atom. The first-order valence-corrected chi connectivity index (χ1v) is 13.2. The Balaban J connectivity index is 0.000000200. The van der Waals surface area contributed by atoms with Gasteiger partial charge in [0.05, 0.1) is 11.1 Å². The lowest BCUT2D eigenvalue weighted by Gasteiger charge is -2.01. The molecule has 45 heavy (non-hydrogen) atoms. The summed E-state index contributed by atoms with van der Waals surface area (Å²) in [6, 6.07) is 19.1. The van der Waals surface area contributed by atoms with Crippen molar-refractivity contribution in [1.29, 1.82) is 0 Å². The average molecular weight is 629 g/mol. The van der Waals surface area contributed by atoms with E-state index < -0.39 is 11.8 Å². The summed E-state index contributed by atoms with van der Waals surface area (Å²) in [7, 11) is 0. The van der Waals surface area contributed by atoms with Crippen LogP contribution in [0.25, 0.3) is 22.0 Å². The molecule has 6 rings (SSSR count).